The number of hydrogen-bond acceptors (Lipinski definition) is 4. The third kappa shape index (κ3) is 5.31. The molecule has 2 aromatic carbocycles. The number of amides is 1. The topological polar surface area (TPSA) is 56.6 Å². The number of ether oxygens (including phenoxy) is 2. The molecule has 3 aromatic rings. The van der Waals surface area contributed by atoms with Gasteiger partial charge in [0.05, 0.1) is 30.6 Å². The smallest absolute Gasteiger partial charge is 0.228 e. The zero-order valence-corrected chi connectivity index (χ0v) is 20.4. The summed E-state index contributed by atoms with van der Waals surface area (Å²) < 4.78 is 41.1. The molecule has 4 rings (SSSR count). The van der Waals surface area contributed by atoms with Gasteiger partial charge in [-0.3, -0.25) is 4.79 Å². The number of halogens is 2. The molecule has 1 heterocycles. The van der Waals surface area contributed by atoms with E-state index in [1.54, 1.807) is 23.9 Å². The second-order valence-corrected chi connectivity index (χ2v) is 8.76. The fraction of sp³-hybridized carbons (Fsp3) is 0.407. The molecule has 6 nitrogen and oxygen atoms in total. The van der Waals surface area contributed by atoms with E-state index in [1.165, 1.54) is 6.07 Å². The molecule has 0 unspecified atom stereocenters. The third-order valence-corrected chi connectivity index (χ3v) is 6.38. The number of aromatic nitrogens is 2. The van der Waals surface area contributed by atoms with Crippen LogP contribution in [-0.2, 0) is 17.8 Å². The minimum atomic E-state index is -0.813. The Morgan fingerprint density at radius 1 is 1.14 bits per heavy atom. The highest BCUT2D eigenvalue weighted by Crippen LogP contribution is 2.35. The quantitative estimate of drug-likeness (QED) is 0.352. The summed E-state index contributed by atoms with van der Waals surface area (Å²) in [6, 6.07) is 10.4. The van der Waals surface area contributed by atoms with Crippen LogP contribution in [0.4, 0.5) is 8.78 Å². The number of hydrogen-bond donors (Lipinski definition) is 0. The summed E-state index contributed by atoms with van der Waals surface area (Å²) in [5.74, 6) is -0.430. The normalized spacial score (nSPS) is 13.4. The Balaban J connectivity index is 1.79. The van der Waals surface area contributed by atoms with Crippen LogP contribution < -0.4 is 9.47 Å². The molecule has 1 aliphatic rings. The minimum Gasteiger partial charge on any atom is -0.497 e. The summed E-state index contributed by atoms with van der Waals surface area (Å²) in [4.78, 5) is 15.0. The molecule has 0 aliphatic heterocycles. The Labute approximate surface area is 204 Å². The number of aryl methyl sites for hydroxylation is 1. The van der Waals surface area contributed by atoms with E-state index < -0.39 is 11.6 Å². The van der Waals surface area contributed by atoms with Gasteiger partial charge in [0.25, 0.3) is 0 Å². The maximum absolute atomic E-state index is 14.6. The van der Waals surface area contributed by atoms with Gasteiger partial charge in [0.1, 0.15) is 11.6 Å². The summed E-state index contributed by atoms with van der Waals surface area (Å²) in [5.41, 5.74) is 2.16. The molecule has 1 aliphatic carbocycles. The van der Waals surface area contributed by atoms with Gasteiger partial charge in [-0.15, -0.1) is 0 Å². The molecular formula is C27H31F2N3O3. The molecule has 0 N–H and O–H groups in total. The van der Waals surface area contributed by atoms with Crippen molar-refractivity contribution in [2.75, 3.05) is 13.7 Å². The first-order chi connectivity index (χ1) is 16.9. The predicted molar refractivity (Wildman–Crippen MR) is 129 cm³/mol. The Kier molecular flexibility index (Phi) is 7.68. The van der Waals surface area contributed by atoms with Crippen molar-refractivity contribution >= 4 is 5.91 Å². The predicted octanol–water partition coefficient (Wildman–Crippen LogP) is 6.05. The van der Waals surface area contributed by atoms with Crippen molar-refractivity contribution in [1.82, 2.24) is 14.7 Å². The highest BCUT2D eigenvalue weighted by molar-refractivity contribution is 5.79. The van der Waals surface area contributed by atoms with Gasteiger partial charge < -0.3 is 14.4 Å². The van der Waals surface area contributed by atoms with Gasteiger partial charge in [-0.25, -0.2) is 13.5 Å². The lowest BCUT2D eigenvalue weighted by atomic mass is 9.84. The number of methoxy groups -OCH3 is 1. The van der Waals surface area contributed by atoms with Crippen LogP contribution in [0.5, 0.6) is 17.4 Å². The van der Waals surface area contributed by atoms with E-state index in [-0.39, 0.29) is 17.6 Å². The highest BCUT2D eigenvalue weighted by atomic mass is 19.1. The SMILES string of the molecule is CCCN(Cc1c(CC)nn(-c2ccc(OC)cc2)c1Oc1ccc(F)cc1F)C(=O)C1CCC1. The summed E-state index contributed by atoms with van der Waals surface area (Å²) >= 11 is 0. The maximum Gasteiger partial charge on any atom is 0.228 e. The fourth-order valence-corrected chi connectivity index (χ4v) is 4.23. The van der Waals surface area contributed by atoms with E-state index in [2.05, 4.69) is 0 Å². The van der Waals surface area contributed by atoms with E-state index in [9.17, 15) is 13.6 Å². The second-order valence-electron chi connectivity index (χ2n) is 8.76. The van der Waals surface area contributed by atoms with Crippen molar-refractivity contribution in [3.8, 4) is 23.1 Å². The van der Waals surface area contributed by atoms with Crippen LogP contribution in [0, 0.1) is 17.6 Å². The van der Waals surface area contributed by atoms with Gasteiger partial charge >= 0.3 is 0 Å². The molecule has 1 amide bonds. The van der Waals surface area contributed by atoms with Gasteiger partial charge in [0, 0.05) is 18.5 Å². The van der Waals surface area contributed by atoms with Crippen molar-refractivity contribution in [3.63, 3.8) is 0 Å². The van der Waals surface area contributed by atoms with E-state index >= 15 is 0 Å². The summed E-state index contributed by atoms with van der Waals surface area (Å²) in [6.07, 6.45) is 4.31. The molecule has 1 aromatic heterocycles. The van der Waals surface area contributed by atoms with Crippen molar-refractivity contribution in [2.24, 2.45) is 5.92 Å². The first kappa shape index (κ1) is 24.7. The van der Waals surface area contributed by atoms with Crippen LogP contribution in [0.25, 0.3) is 5.69 Å². The third-order valence-electron chi connectivity index (χ3n) is 6.38. The number of benzene rings is 2. The van der Waals surface area contributed by atoms with E-state index in [0.717, 1.165) is 43.5 Å². The van der Waals surface area contributed by atoms with Gasteiger partial charge in [0.2, 0.25) is 11.8 Å². The lowest BCUT2D eigenvalue weighted by molar-refractivity contribution is -0.138. The Hall–Kier alpha value is -3.42. The molecular weight excluding hydrogens is 452 g/mol. The Bertz CT molecular complexity index is 1170. The van der Waals surface area contributed by atoms with E-state index in [1.807, 2.05) is 30.9 Å². The molecule has 0 saturated heterocycles. The number of carbonyl (C=O) groups is 1. The first-order valence-electron chi connectivity index (χ1n) is 12.1. The monoisotopic (exact) mass is 483 g/mol. The zero-order chi connectivity index (χ0) is 24.9. The van der Waals surface area contributed by atoms with Crippen LogP contribution in [0.1, 0.15) is 50.8 Å². The van der Waals surface area contributed by atoms with Gasteiger partial charge in [-0.05, 0) is 62.1 Å². The Morgan fingerprint density at radius 3 is 2.46 bits per heavy atom. The molecule has 0 radical (unpaired) electrons. The summed E-state index contributed by atoms with van der Waals surface area (Å²) in [7, 11) is 1.59. The Morgan fingerprint density at radius 2 is 1.89 bits per heavy atom. The fourth-order valence-electron chi connectivity index (χ4n) is 4.23. The molecule has 1 fully saturated rings. The van der Waals surface area contributed by atoms with E-state index in [0.29, 0.717) is 42.4 Å². The van der Waals surface area contributed by atoms with Crippen molar-refractivity contribution in [1.29, 1.82) is 0 Å². The molecule has 8 heteroatoms. The molecule has 0 spiro atoms. The summed E-state index contributed by atoms with van der Waals surface area (Å²) in [6.45, 7) is 4.93. The van der Waals surface area contributed by atoms with Crippen molar-refractivity contribution in [3.05, 3.63) is 65.4 Å². The van der Waals surface area contributed by atoms with Gasteiger partial charge in [-0.2, -0.15) is 5.10 Å². The van der Waals surface area contributed by atoms with Crippen LogP contribution in [0.2, 0.25) is 0 Å². The van der Waals surface area contributed by atoms with Gasteiger partial charge in [0.15, 0.2) is 11.6 Å². The highest BCUT2D eigenvalue weighted by Gasteiger charge is 2.31. The molecule has 35 heavy (non-hydrogen) atoms. The van der Waals surface area contributed by atoms with Crippen molar-refractivity contribution < 1.29 is 23.0 Å². The molecule has 0 bridgehead atoms. The average Bonchev–Trinajstić information content (AvgIpc) is 3.16. The number of carbonyl (C=O) groups excluding carboxylic acids is 1. The standard InChI is InChI=1S/C27H31F2N3O3/c1-4-15-31(26(33)18-7-6-8-18)17-22-24(5-2)30-32(20-10-12-21(34-3)13-11-20)27(22)35-25-14-9-19(28)16-23(25)29/h9-14,16,18H,4-8,15,17H2,1-3H3. The van der Waals surface area contributed by atoms with Crippen LogP contribution in [0.15, 0.2) is 42.5 Å². The van der Waals surface area contributed by atoms with Crippen LogP contribution in [0.3, 0.4) is 0 Å². The number of rotatable bonds is 10. The number of nitrogens with zero attached hydrogens (tertiary/aromatic N) is 3. The second kappa shape index (κ2) is 10.9. The zero-order valence-electron chi connectivity index (χ0n) is 20.4. The maximum atomic E-state index is 14.6. The minimum absolute atomic E-state index is 0.0576. The van der Waals surface area contributed by atoms with Crippen molar-refractivity contribution in [2.45, 2.75) is 52.5 Å². The average molecular weight is 484 g/mol. The van der Waals surface area contributed by atoms with Crippen LogP contribution >= 0.6 is 0 Å². The molecule has 1 saturated carbocycles. The lowest BCUT2D eigenvalue weighted by Gasteiger charge is -2.31. The van der Waals surface area contributed by atoms with Gasteiger partial charge in [-0.1, -0.05) is 20.3 Å². The summed E-state index contributed by atoms with van der Waals surface area (Å²) in [5, 5.41) is 4.77. The largest absolute Gasteiger partial charge is 0.497 e. The molecule has 186 valence electrons. The lowest BCUT2D eigenvalue weighted by Crippen LogP contribution is -2.39. The molecule has 0 atom stereocenters. The van der Waals surface area contributed by atoms with E-state index in [4.69, 9.17) is 14.6 Å². The van der Waals surface area contributed by atoms with Crippen LogP contribution in [-0.4, -0.2) is 34.2 Å². The first-order valence-corrected chi connectivity index (χ1v) is 12.1.